The first-order valence-corrected chi connectivity index (χ1v) is 7.97. The van der Waals surface area contributed by atoms with Crippen molar-refractivity contribution < 1.29 is 17.9 Å². The summed E-state index contributed by atoms with van der Waals surface area (Å²) >= 11 is 0. The highest BCUT2D eigenvalue weighted by atomic mass is 32.2. The first-order chi connectivity index (χ1) is 9.04. The Morgan fingerprint density at radius 2 is 1.95 bits per heavy atom. The molecule has 0 aliphatic heterocycles. The van der Waals surface area contributed by atoms with Gasteiger partial charge >= 0.3 is 0 Å². The molecule has 0 bridgehead atoms. The smallest absolute Gasteiger partial charge is 0.165 e. The summed E-state index contributed by atoms with van der Waals surface area (Å²) in [5.41, 5.74) is 0.941. The van der Waals surface area contributed by atoms with E-state index < -0.39 is 9.84 Å². The molecule has 0 aliphatic rings. The minimum Gasteiger partial charge on any atom is -0.493 e. The van der Waals surface area contributed by atoms with Crippen LogP contribution >= 0.6 is 0 Å². The van der Waals surface area contributed by atoms with Gasteiger partial charge < -0.3 is 14.8 Å². The van der Waals surface area contributed by atoms with Crippen LogP contribution in [0.3, 0.4) is 0 Å². The zero-order chi connectivity index (χ0) is 14.3. The fourth-order valence-electron chi connectivity index (χ4n) is 1.69. The van der Waals surface area contributed by atoms with Gasteiger partial charge in [0.25, 0.3) is 0 Å². The molecule has 5 nitrogen and oxygen atoms in total. The Labute approximate surface area is 114 Å². The van der Waals surface area contributed by atoms with Crippen LogP contribution in [0.2, 0.25) is 0 Å². The second-order valence-electron chi connectivity index (χ2n) is 4.07. The van der Waals surface area contributed by atoms with Crippen LogP contribution < -0.4 is 14.8 Å². The molecule has 0 spiro atoms. The number of rotatable bonds is 8. The minimum absolute atomic E-state index is 0.149. The maximum Gasteiger partial charge on any atom is 0.165 e. The van der Waals surface area contributed by atoms with E-state index in [0.29, 0.717) is 24.6 Å². The van der Waals surface area contributed by atoms with Gasteiger partial charge in [-0.25, -0.2) is 8.42 Å². The maximum atomic E-state index is 11.3. The molecule has 0 aliphatic carbocycles. The zero-order valence-electron chi connectivity index (χ0n) is 11.6. The third-order valence-corrected chi connectivity index (χ3v) is 4.54. The molecule has 0 fully saturated rings. The molecule has 1 aromatic carbocycles. The van der Waals surface area contributed by atoms with Crippen molar-refractivity contribution in [3.05, 3.63) is 23.8 Å². The van der Waals surface area contributed by atoms with Crippen molar-refractivity contribution in [2.75, 3.05) is 32.3 Å². The van der Waals surface area contributed by atoms with Crippen LogP contribution in [0, 0.1) is 0 Å². The van der Waals surface area contributed by atoms with E-state index in [4.69, 9.17) is 9.47 Å². The zero-order valence-corrected chi connectivity index (χ0v) is 12.4. The van der Waals surface area contributed by atoms with Crippen LogP contribution in [0.1, 0.15) is 12.5 Å². The normalized spacial score (nSPS) is 11.3. The lowest BCUT2D eigenvalue weighted by Gasteiger charge is -2.13. The lowest BCUT2D eigenvalue weighted by Crippen LogP contribution is -2.23. The predicted molar refractivity (Wildman–Crippen MR) is 75.6 cm³/mol. The van der Waals surface area contributed by atoms with Gasteiger partial charge in [0, 0.05) is 24.4 Å². The van der Waals surface area contributed by atoms with Crippen molar-refractivity contribution in [2.24, 2.45) is 0 Å². The van der Waals surface area contributed by atoms with Crippen molar-refractivity contribution in [3.63, 3.8) is 0 Å². The molecule has 19 heavy (non-hydrogen) atoms. The van der Waals surface area contributed by atoms with Crippen molar-refractivity contribution in [2.45, 2.75) is 13.5 Å². The van der Waals surface area contributed by atoms with Gasteiger partial charge in [-0.2, -0.15) is 0 Å². The van der Waals surface area contributed by atoms with E-state index in [9.17, 15) is 8.42 Å². The van der Waals surface area contributed by atoms with E-state index in [1.807, 2.05) is 18.2 Å². The molecular formula is C13H21NO4S. The van der Waals surface area contributed by atoms with E-state index >= 15 is 0 Å². The molecule has 0 aromatic heterocycles. The number of sulfone groups is 1. The highest BCUT2D eigenvalue weighted by Gasteiger charge is 2.10. The fraction of sp³-hybridized carbons (Fsp3) is 0.538. The topological polar surface area (TPSA) is 64.6 Å². The van der Waals surface area contributed by atoms with Gasteiger partial charge in [-0.1, -0.05) is 19.1 Å². The Balaban J connectivity index is 2.59. The third kappa shape index (κ3) is 4.72. The standard InChI is InChI=1S/C13H21NO4S/c1-4-19(15,16)9-8-14-10-11-6-5-7-12(17-2)13(11)18-3/h5-7,14H,4,8-10H2,1-3H3. The molecule has 1 aromatic rings. The van der Waals surface area contributed by atoms with Crippen molar-refractivity contribution >= 4 is 9.84 Å². The number of nitrogens with one attached hydrogen (secondary N) is 1. The number of hydrogen-bond acceptors (Lipinski definition) is 5. The van der Waals surface area contributed by atoms with Crippen LogP contribution in [0.25, 0.3) is 0 Å². The third-order valence-electron chi connectivity index (χ3n) is 2.83. The monoisotopic (exact) mass is 287 g/mol. The second kappa shape index (κ2) is 7.35. The molecule has 1 rings (SSSR count). The van der Waals surface area contributed by atoms with Crippen molar-refractivity contribution in [1.82, 2.24) is 5.32 Å². The van der Waals surface area contributed by atoms with E-state index in [2.05, 4.69) is 5.32 Å². The van der Waals surface area contributed by atoms with E-state index in [-0.39, 0.29) is 11.5 Å². The summed E-state index contributed by atoms with van der Waals surface area (Å²) in [7, 11) is 0.252. The maximum absolute atomic E-state index is 11.3. The Bertz CT molecular complexity index is 499. The Morgan fingerprint density at radius 3 is 2.53 bits per heavy atom. The van der Waals surface area contributed by atoms with Gasteiger partial charge in [-0.15, -0.1) is 0 Å². The number of ether oxygens (including phenoxy) is 2. The average molecular weight is 287 g/mol. The number of benzene rings is 1. The molecule has 0 amide bonds. The Hall–Kier alpha value is -1.27. The molecule has 0 heterocycles. The van der Waals surface area contributed by atoms with Gasteiger partial charge in [-0.3, -0.25) is 0 Å². The Morgan fingerprint density at radius 1 is 1.21 bits per heavy atom. The first-order valence-electron chi connectivity index (χ1n) is 6.15. The van der Waals surface area contributed by atoms with Gasteiger partial charge in [-0.05, 0) is 6.07 Å². The van der Waals surface area contributed by atoms with E-state index in [1.54, 1.807) is 21.1 Å². The van der Waals surface area contributed by atoms with Gasteiger partial charge in [0.2, 0.25) is 0 Å². The average Bonchev–Trinajstić information content (AvgIpc) is 2.43. The summed E-state index contributed by atoms with van der Waals surface area (Å²) in [6, 6.07) is 5.62. The van der Waals surface area contributed by atoms with Crippen LogP contribution in [0.5, 0.6) is 11.5 Å². The molecule has 0 unspecified atom stereocenters. The van der Waals surface area contributed by atoms with Gasteiger partial charge in [0.05, 0.1) is 20.0 Å². The lowest BCUT2D eigenvalue weighted by molar-refractivity contribution is 0.351. The summed E-state index contributed by atoms with van der Waals surface area (Å²) in [6.45, 7) is 2.62. The lowest BCUT2D eigenvalue weighted by atomic mass is 10.2. The molecule has 6 heteroatoms. The largest absolute Gasteiger partial charge is 0.493 e. The van der Waals surface area contributed by atoms with Crippen LogP contribution in [-0.2, 0) is 16.4 Å². The SMILES string of the molecule is CCS(=O)(=O)CCNCc1cccc(OC)c1OC. The van der Waals surface area contributed by atoms with Crippen LogP contribution in [-0.4, -0.2) is 40.7 Å². The molecular weight excluding hydrogens is 266 g/mol. The number of methoxy groups -OCH3 is 2. The Kier molecular flexibility index (Phi) is 6.11. The summed E-state index contributed by atoms with van der Waals surface area (Å²) in [5, 5.41) is 3.10. The molecule has 108 valence electrons. The molecule has 1 N–H and O–H groups in total. The van der Waals surface area contributed by atoms with E-state index in [1.165, 1.54) is 0 Å². The highest BCUT2D eigenvalue weighted by molar-refractivity contribution is 7.91. The number of hydrogen-bond donors (Lipinski definition) is 1. The van der Waals surface area contributed by atoms with E-state index in [0.717, 1.165) is 5.56 Å². The first kappa shape index (κ1) is 15.8. The summed E-state index contributed by atoms with van der Waals surface area (Å²) in [5.74, 6) is 1.67. The van der Waals surface area contributed by atoms with Crippen molar-refractivity contribution in [1.29, 1.82) is 0 Å². The molecule has 0 saturated carbocycles. The van der Waals surface area contributed by atoms with Gasteiger partial charge in [0.15, 0.2) is 21.3 Å². The van der Waals surface area contributed by atoms with Crippen LogP contribution in [0.15, 0.2) is 18.2 Å². The fourth-order valence-corrected chi connectivity index (χ4v) is 2.43. The summed E-state index contributed by atoms with van der Waals surface area (Å²) in [4.78, 5) is 0. The molecule has 0 atom stereocenters. The van der Waals surface area contributed by atoms with Crippen LogP contribution in [0.4, 0.5) is 0 Å². The summed E-state index contributed by atoms with van der Waals surface area (Å²) < 4.78 is 33.2. The molecule has 0 radical (unpaired) electrons. The minimum atomic E-state index is -2.92. The highest BCUT2D eigenvalue weighted by Crippen LogP contribution is 2.30. The van der Waals surface area contributed by atoms with Crippen molar-refractivity contribution in [3.8, 4) is 11.5 Å². The summed E-state index contributed by atoms with van der Waals surface area (Å²) in [6.07, 6.45) is 0. The number of para-hydroxylation sites is 1. The quantitative estimate of drug-likeness (QED) is 0.729. The molecule has 0 saturated heterocycles. The van der Waals surface area contributed by atoms with Gasteiger partial charge in [0.1, 0.15) is 0 Å². The second-order valence-corrected chi connectivity index (χ2v) is 6.54. The predicted octanol–water partition coefficient (Wildman–Crippen LogP) is 1.23.